The van der Waals surface area contributed by atoms with Crippen molar-refractivity contribution in [3.05, 3.63) is 12.5 Å². The molecule has 0 saturated heterocycles. The number of aliphatic hydroxyl groups is 1. The summed E-state index contributed by atoms with van der Waals surface area (Å²) in [6.45, 7) is 0. The first-order valence-corrected chi connectivity index (χ1v) is 1.07. The molecule has 0 aliphatic carbocycles. The lowest BCUT2D eigenvalue weighted by Crippen LogP contribution is -1.40. The first-order valence-electron chi connectivity index (χ1n) is 1.07. The third kappa shape index (κ3) is 3.14. The van der Waals surface area contributed by atoms with Crippen molar-refractivity contribution in [2.24, 2.45) is 5.11 Å². The molecule has 0 atom stereocenters. The van der Waals surface area contributed by atoms with E-state index in [2.05, 4.69) is 5.11 Å². The predicted molar refractivity (Wildman–Crippen MR) is 16.9 cm³/mol. The zero-order valence-electron chi connectivity index (χ0n) is 2.55. The summed E-state index contributed by atoms with van der Waals surface area (Å²) in [5, 5.41) is 10.3. The van der Waals surface area contributed by atoms with Gasteiger partial charge in [0, 0.05) is 0 Å². The summed E-state index contributed by atoms with van der Waals surface area (Å²) in [4.78, 5) is 0. The molecule has 5 heavy (non-hydrogen) atoms. The van der Waals surface area contributed by atoms with Crippen LogP contribution in [0, 0.1) is 5.53 Å². The molecular weight excluding hydrogens is 68.0 g/mol. The number of rotatable bonds is 1. The minimum absolute atomic E-state index is 0.701. The molecule has 0 amide bonds. The van der Waals surface area contributed by atoms with E-state index in [-0.39, 0.29) is 0 Å². The zero-order valence-corrected chi connectivity index (χ0v) is 2.55. The van der Waals surface area contributed by atoms with E-state index in [1.54, 1.807) is 0 Å². The van der Waals surface area contributed by atoms with Crippen LogP contribution in [-0.2, 0) is 0 Å². The maximum Gasteiger partial charge on any atom is 0.0993 e. The Morgan fingerprint density at radius 3 is 2.40 bits per heavy atom. The van der Waals surface area contributed by atoms with Crippen LogP contribution in [0.5, 0.6) is 0 Å². The van der Waals surface area contributed by atoms with E-state index >= 15 is 0 Å². The molecule has 0 fully saturated rings. The van der Waals surface area contributed by atoms with Crippen molar-refractivity contribution in [3.8, 4) is 0 Å². The Hall–Kier alpha value is -0.860. The van der Waals surface area contributed by atoms with Crippen LogP contribution < -0.4 is 0 Å². The van der Waals surface area contributed by atoms with Crippen molar-refractivity contribution in [1.82, 2.24) is 0 Å². The first kappa shape index (κ1) is 4.14. The van der Waals surface area contributed by atoms with Crippen molar-refractivity contribution in [3.63, 3.8) is 0 Å². The maximum absolute atomic E-state index is 7.67. The molecule has 0 aliphatic rings. The van der Waals surface area contributed by atoms with Crippen LogP contribution in [0.3, 0.4) is 0 Å². The van der Waals surface area contributed by atoms with Gasteiger partial charge in [-0.2, -0.15) is 5.11 Å². The van der Waals surface area contributed by atoms with Crippen molar-refractivity contribution in [2.45, 2.75) is 0 Å². The minimum atomic E-state index is 0.701. The van der Waals surface area contributed by atoms with E-state index in [1.165, 1.54) is 0 Å². The maximum atomic E-state index is 7.67. The molecule has 0 spiro atoms. The van der Waals surface area contributed by atoms with Crippen LogP contribution in [0.25, 0.3) is 0 Å². The second-order valence-corrected chi connectivity index (χ2v) is 0.427. The fraction of sp³-hybridized carbons (Fsp3) is 0. The van der Waals surface area contributed by atoms with Crippen LogP contribution in [-0.4, -0.2) is 5.11 Å². The third-order valence-corrected chi connectivity index (χ3v) is 0.141. The van der Waals surface area contributed by atoms with E-state index in [1.807, 2.05) is 0 Å². The van der Waals surface area contributed by atoms with E-state index in [9.17, 15) is 0 Å². The van der Waals surface area contributed by atoms with Crippen LogP contribution >= 0.6 is 0 Å². The summed E-state index contributed by atoms with van der Waals surface area (Å²) in [5.41, 5.74) is 5.98. The molecule has 0 aromatic heterocycles. The number of hydrogen-bond donors (Lipinski definition) is 2. The van der Waals surface area contributed by atoms with E-state index in [0.29, 0.717) is 6.26 Å². The zero-order chi connectivity index (χ0) is 4.12. The van der Waals surface area contributed by atoms with Crippen LogP contribution in [0.4, 0.5) is 0 Å². The van der Waals surface area contributed by atoms with Gasteiger partial charge in [-0.1, -0.05) is 0 Å². The van der Waals surface area contributed by atoms with E-state index < -0.39 is 0 Å². The molecule has 2 N–H and O–H groups in total. The van der Waals surface area contributed by atoms with Crippen molar-refractivity contribution < 1.29 is 5.11 Å². The smallest absolute Gasteiger partial charge is 0.0993 e. The summed E-state index contributed by atoms with van der Waals surface area (Å²) in [6.07, 6.45) is 1.67. The van der Waals surface area contributed by atoms with Gasteiger partial charge < -0.3 is 5.11 Å². The molecule has 3 heteroatoms. The highest BCUT2D eigenvalue weighted by atomic mass is 16.2. The van der Waals surface area contributed by atoms with Crippen LogP contribution in [0.1, 0.15) is 0 Å². The highest BCUT2D eigenvalue weighted by Crippen LogP contribution is 1.61. The molecule has 0 aromatic rings. The summed E-state index contributed by atoms with van der Waals surface area (Å²) >= 11 is 0. The van der Waals surface area contributed by atoms with Gasteiger partial charge in [0.15, 0.2) is 0 Å². The van der Waals surface area contributed by atoms with Crippen molar-refractivity contribution in [1.29, 1.82) is 5.53 Å². The molecule has 0 radical (unpaired) electrons. The third-order valence-electron chi connectivity index (χ3n) is 0.141. The quantitative estimate of drug-likeness (QED) is 0.353. The molecule has 0 bridgehead atoms. The van der Waals surface area contributed by atoms with E-state index in [4.69, 9.17) is 10.6 Å². The molecule has 0 rings (SSSR count). The Kier molecular flexibility index (Phi) is 2.60. The fourth-order valence-electron chi connectivity index (χ4n) is 0.0333. The summed E-state index contributed by atoms with van der Waals surface area (Å²) in [6, 6.07) is 0. The SMILES string of the molecule is N=N/C=C\O. The lowest BCUT2D eigenvalue weighted by Gasteiger charge is -1.57. The number of aliphatic hydroxyl groups excluding tert-OH is 1. The average Bonchev–Trinajstić information content (AvgIpc) is 1.41. The molecule has 0 aliphatic heterocycles. The fourth-order valence-corrected chi connectivity index (χ4v) is 0.0333. The monoisotopic (exact) mass is 72.0 g/mol. The number of hydrogen-bond acceptors (Lipinski definition) is 3. The van der Waals surface area contributed by atoms with Crippen molar-refractivity contribution in [2.75, 3.05) is 0 Å². The molecule has 0 unspecified atom stereocenters. The first-order chi connectivity index (χ1) is 2.41. The molecule has 0 saturated carbocycles. The van der Waals surface area contributed by atoms with Gasteiger partial charge in [-0.05, 0) is 0 Å². The largest absolute Gasteiger partial charge is 0.514 e. The van der Waals surface area contributed by atoms with Crippen LogP contribution in [0.15, 0.2) is 17.6 Å². The van der Waals surface area contributed by atoms with Gasteiger partial charge in [-0.25, -0.2) is 5.53 Å². The Morgan fingerprint density at radius 1 is 1.80 bits per heavy atom. The Balaban J connectivity index is 2.92. The normalized spacial score (nSPS) is 8.80. The molecule has 28 valence electrons. The van der Waals surface area contributed by atoms with Gasteiger partial charge in [0.25, 0.3) is 0 Å². The van der Waals surface area contributed by atoms with Gasteiger partial charge in [-0.3, -0.25) is 0 Å². The number of nitrogens with zero attached hydrogens (tertiary/aromatic N) is 1. The molecule has 3 nitrogen and oxygen atoms in total. The summed E-state index contributed by atoms with van der Waals surface area (Å²) in [5.74, 6) is 0. The minimum Gasteiger partial charge on any atom is -0.514 e. The Morgan fingerprint density at radius 2 is 2.40 bits per heavy atom. The Labute approximate surface area is 29.4 Å². The van der Waals surface area contributed by atoms with Crippen molar-refractivity contribution >= 4 is 0 Å². The Bertz CT molecular complexity index is 49.6. The molecule has 0 heterocycles. The highest BCUT2D eigenvalue weighted by Gasteiger charge is 1.45. The predicted octanol–water partition coefficient (Wildman–Crippen LogP) is 1.05. The highest BCUT2D eigenvalue weighted by molar-refractivity contribution is 4.61. The van der Waals surface area contributed by atoms with Gasteiger partial charge in [0.2, 0.25) is 0 Å². The summed E-state index contributed by atoms with van der Waals surface area (Å²) < 4.78 is 0. The standard InChI is InChI=1S/C2H4N2O/c3-4-1-2-5/h1-3,5H/b2-1-,4-3?. The van der Waals surface area contributed by atoms with Gasteiger partial charge in [0.1, 0.15) is 0 Å². The average molecular weight is 72.1 g/mol. The lowest BCUT2D eigenvalue weighted by molar-refractivity contribution is 0.471. The second kappa shape index (κ2) is 3.14. The van der Waals surface area contributed by atoms with Crippen LogP contribution in [0.2, 0.25) is 0 Å². The molecular formula is C2H4N2O. The van der Waals surface area contributed by atoms with Gasteiger partial charge in [0.05, 0.1) is 12.5 Å². The lowest BCUT2D eigenvalue weighted by atomic mass is 11.0. The van der Waals surface area contributed by atoms with Gasteiger partial charge >= 0.3 is 0 Å². The topological polar surface area (TPSA) is 56.4 Å². The number of nitrogens with one attached hydrogen (secondary N) is 1. The van der Waals surface area contributed by atoms with Gasteiger partial charge in [-0.15, -0.1) is 0 Å². The molecule has 0 aromatic carbocycles. The summed E-state index contributed by atoms with van der Waals surface area (Å²) in [7, 11) is 0. The van der Waals surface area contributed by atoms with E-state index in [0.717, 1.165) is 6.20 Å². The second-order valence-electron chi connectivity index (χ2n) is 0.427.